The van der Waals surface area contributed by atoms with Crippen LogP contribution in [0.4, 0.5) is 4.79 Å². The molecule has 25 heavy (non-hydrogen) atoms. The van der Waals surface area contributed by atoms with E-state index in [2.05, 4.69) is 15.7 Å². The second kappa shape index (κ2) is 6.64. The number of nitrogens with zero attached hydrogens (tertiary/aromatic N) is 2. The summed E-state index contributed by atoms with van der Waals surface area (Å²) >= 11 is 1.16. The zero-order valence-electron chi connectivity index (χ0n) is 13.9. The zero-order valence-corrected chi connectivity index (χ0v) is 14.7. The van der Waals surface area contributed by atoms with E-state index in [-0.39, 0.29) is 0 Å². The summed E-state index contributed by atoms with van der Waals surface area (Å²) in [6, 6.07) is 9.09. The third-order valence-corrected chi connectivity index (χ3v) is 5.11. The maximum absolute atomic E-state index is 12.7. The third kappa shape index (κ3) is 3.39. The van der Waals surface area contributed by atoms with Crippen LogP contribution >= 0.6 is 11.3 Å². The molecule has 1 aliphatic rings. The number of amides is 4. The standard InChI is InChI=1S/C17H18N4O3S/c1-11-13(25-10-18-11)14(22)20-21-15(23)17(2,19-16(21)24)9-8-12-6-4-3-5-7-12/h3-7,10H,8-9H2,1-2H3,(H,19,24)(H,20,22). The topological polar surface area (TPSA) is 91.4 Å². The van der Waals surface area contributed by atoms with Gasteiger partial charge in [0, 0.05) is 0 Å². The van der Waals surface area contributed by atoms with Crippen molar-refractivity contribution in [2.45, 2.75) is 32.2 Å². The summed E-state index contributed by atoms with van der Waals surface area (Å²) in [6.45, 7) is 3.36. The molecule has 2 aromatic rings. The van der Waals surface area contributed by atoms with Gasteiger partial charge in [0.25, 0.3) is 11.8 Å². The van der Waals surface area contributed by atoms with Gasteiger partial charge in [0.05, 0.1) is 11.2 Å². The molecule has 1 aromatic heterocycles. The Hall–Kier alpha value is -2.74. The van der Waals surface area contributed by atoms with Crippen molar-refractivity contribution in [2.75, 3.05) is 0 Å². The Balaban J connectivity index is 1.69. The van der Waals surface area contributed by atoms with Crippen LogP contribution in [-0.2, 0) is 11.2 Å². The summed E-state index contributed by atoms with van der Waals surface area (Å²) in [7, 11) is 0. The van der Waals surface area contributed by atoms with E-state index in [1.54, 1.807) is 19.4 Å². The van der Waals surface area contributed by atoms with Crippen molar-refractivity contribution in [2.24, 2.45) is 0 Å². The summed E-state index contributed by atoms with van der Waals surface area (Å²) in [5.41, 5.74) is 4.50. The predicted molar refractivity (Wildman–Crippen MR) is 92.9 cm³/mol. The van der Waals surface area contributed by atoms with Crippen LogP contribution in [0.3, 0.4) is 0 Å². The molecule has 2 N–H and O–H groups in total. The smallest absolute Gasteiger partial charge is 0.322 e. The molecule has 7 nitrogen and oxygen atoms in total. The van der Waals surface area contributed by atoms with Crippen LogP contribution in [0.2, 0.25) is 0 Å². The van der Waals surface area contributed by atoms with Crippen LogP contribution in [0.5, 0.6) is 0 Å². The Morgan fingerprint density at radius 1 is 1.32 bits per heavy atom. The van der Waals surface area contributed by atoms with Gasteiger partial charge in [-0.25, -0.2) is 9.78 Å². The Morgan fingerprint density at radius 3 is 2.68 bits per heavy atom. The summed E-state index contributed by atoms with van der Waals surface area (Å²) in [4.78, 5) is 41.5. The number of hydrogen-bond acceptors (Lipinski definition) is 5. The van der Waals surface area contributed by atoms with E-state index in [1.165, 1.54) is 0 Å². The number of nitrogens with one attached hydrogen (secondary N) is 2. The largest absolute Gasteiger partial charge is 0.344 e. The summed E-state index contributed by atoms with van der Waals surface area (Å²) in [5, 5.41) is 3.43. The predicted octanol–water partition coefficient (Wildman–Crippen LogP) is 2.04. The highest BCUT2D eigenvalue weighted by Gasteiger charge is 2.48. The van der Waals surface area contributed by atoms with Crippen molar-refractivity contribution < 1.29 is 14.4 Å². The molecule has 4 amide bonds. The van der Waals surface area contributed by atoms with Gasteiger partial charge in [-0.2, -0.15) is 5.01 Å². The van der Waals surface area contributed by atoms with Crippen molar-refractivity contribution in [3.63, 3.8) is 0 Å². The Labute approximate surface area is 149 Å². The number of rotatable bonds is 5. The first-order valence-corrected chi connectivity index (χ1v) is 8.70. The van der Waals surface area contributed by atoms with E-state index < -0.39 is 23.4 Å². The molecule has 130 valence electrons. The van der Waals surface area contributed by atoms with Gasteiger partial charge in [-0.15, -0.1) is 11.3 Å². The average molecular weight is 358 g/mol. The first kappa shape index (κ1) is 17.1. The van der Waals surface area contributed by atoms with Crippen molar-refractivity contribution in [3.8, 4) is 0 Å². The van der Waals surface area contributed by atoms with Crippen molar-refractivity contribution in [1.82, 2.24) is 20.7 Å². The molecule has 1 unspecified atom stereocenters. The Bertz CT molecular complexity index is 820. The van der Waals surface area contributed by atoms with Crippen LogP contribution in [0.1, 0.15) is 34.3 Å². The molecular formula is C17H18N4O3S. The maximum atomic E-state index is 12.7. The minimum Gasteiger partial charge on any atom is -0.322 e. The van der Waals surface area contributed by atoms with Gasteiger partial charge in [0.1, 0.15) is 10.4 Å². The van der Waals surface area contributed by atoms with Crippen LogP contribution in [0, 0.1) is 6.92 Å². The SMILES string of the molecule is Cc1ncsc1C(=O)NN1C(=O)NC(C)(CCc2ccccc2)C1=O. The first-order chi connectivity index (χ1) is 11.9. The van der Waals surface area contributed by atoms with Gasteiger partial charge in [-0.3, -0.25) is 15.0 Å². The molecule has 1 fully saturated rings. The molecule has 8 heteroatoms. The lowest BCUT2D eigenvalue weighted by molar-refractivity contribution is -0.132. The monoisotopic (exact) mass is 358 g/mol. The molecule has 0 aliphatic carbocycles. The van der Waals surface area contributed by atoms with E-state index in [1.807, 2.05) is 30.3 Å². The summed E-state index contributed by atoms with van der Waals surface area (Å²) < 4.78 is 0. The number of hydrazine groups is 1. The van der Waals surface area contributed by atoms with Crippen LogP contribution in [0.25, 0.3) is 0 Å². The fourth-order valence-corrected chi connectivity index (χ4v) is 3.36. The summed E-state index contributed by atoms with van der Waals surface area (Å²) in [5.74, 6) is -0.986. The number of carbonyl (C=O) groups excluding carboxylic acids is 3. The molecule has 1 saturated heterocycles. The van der Waals surface area contributed by atoms with E-state index in [9.17, 15) is 14.4 Å². The number of aromatic nitrogens is 1. The van der Waals surface area contributed by atoms with Crippen molar-refractivity contribution >= 4 is 29.2 Å². The van der Waals surface area contributed by atoms with E-state index in [4.69, 9.17) is 0 Å². The van der Waals surface area contributed by atoms with Gasteiger partial charge in [0.15, 0.2) is 0 Å². The molecule has 0 radical (unpaired) electrons. The second-order valence-electron chi connectivity index (χ2n) is 6.10. The lowest BCUT2D eigenvalue weighted by atomic mass is 9.93. The van der Waals surface area contributed by atoms with Crippen LogP contribution in [0.15, 0.2) is 35.8 Å². The number of imide groups is 1. The van der Waals surface area contributed by atoms with E-state index in [0.717, 1.165) is 21.9 Å². The lowest BCUT2D eigenvalue weighted by Crippen LogP contribution is -2.48. The number of benzene rings is 1. The number of hydrogen-bond donors (Lipinski definition) is 2. The zero-order chi connectivity index (χ0) is 18.0. The van der Waals surface area contributed by atoms with Crippen LogP contribution < -0.4 is 10.7 Å². The highest BCUT2D eigenvalue weighted by Crippen LogP contribution is 2.23. The molecule has 0 saturated carbocycles. The van der Waals surface area contributed by atoms with Crippen molar-refractivity contribution in [1.29, 1.82) is 0 Å². The third-order valence-electron chi connectivity index (χ3n) is 4.18. The highest BCUT2D eigenvalue weighted by molar-refractivity contribution is 7.11. The quantitative estimate of drug-likeness (QED) is 0.800. The molecule has 2 heterocycles. The number of aryl methyl sites for hydroxylation is 2. The van der Waals surface area contributed by atoms with E-state index >= 15 is 0 Å². The van der Waals surface area contributed by atoms with E-state index in [0.29, 0.717) is 23.4 Å². The minimum absolute atomic E-state index is 0.374. The molecule has 1 atom stereocenters. The van der Waals surface area contributed by atoms with Gasteiger partial charge in [-0.1, -0.05) is 30.3 Å². The fourth-order valence-electron chi connectivity index (χ4n) is 2.67. The first-order valence-electron chi connectivity index (χ1n) is 7.82. The van der Waals surface area contributed by atoms with Crippen molar-refractivity contribution in [3.05, 3.63) is 52.0 Å². The molecule has 0 bridgehead atoms. The van der Waals surface area contributed by atoms with Gasteiger partial charge >= 0.3 is 6.03 Å². The molecular weight excluding hydrogens is 340 g/mol. The maximum Gasteiger partial charge on any atom is 0.344 e. The number of carbonyl (C=O) groups is 3. The average Bonchev–Trinajstić information content (AvgIpc) is 3.11. The number of urea groups is 1. The van der Waals surface area contributed by atoms with Gasteiger partial charge in [-0.05, 0) is 32.3 Å². The molecule has 1 aliphatic heterocycles. The van der Waals surface area contributed by atoms with Crippen LogP contribution in [-0.4, -0.2) is 33.4 Å². The Kier molecular flexibility index (Phi) is 4.54. The molecule has 3 rings (SSSR count). The second-order valence-corrected chi connectivity index (χ2v) is 6.95. The van der Waals surface area contributed by atoms with Gasteiger partial charge < -0.3 is 5.32 Å². The number of thiazole rings is 1. The highest BCUT2D eigenvalue weighted by atomic mass is 32.1. The normalized spacial score (nSPS) is 19.8. The minimum atomic E-state index is -1.05. The fraction of sp³-hybridized carbons (Fsp3) is 0.294. The molecule has 1 aromatic carbocycles. The molecule has 0 spiro atoms. The summed E-state index contributed by atoms with van der Waals surface area (Å²) in [6.07, 6.45) is 1.08. The van der Waals surface area contributed by atoms with Gasteiger partial charge in [0.2, 0.25) is 0 Å². The lowest BCUT2D eigenvalue weighted by Gasteiger charge is -2.21. The Morgan fingerprint density at radius 2 is 2.04 bits per heavy atom.